The third-order valence-corrected chi connectivity index (χ3v) is 9.15. The first-order valence-corrected chi connectivity index (χ1v) is 13.4. The Balaban J connectivity index is 1.55. The summed E-state index contributed by atoms with van der Waals surface area (Å²) in [7, 11) is -9.50. The number of aliphatic hydroxyl groups is 1. The molecule has 1 amide bonds. The van der Waals surface area contributed by atoms with Crippen LogP contribution in [0.5, 0.6) is 5.75 Å². The third kappa shape index (κ3) is 5.45. The fourth-order valence-electron chi connectivity index (χ4n) is 3.43. The van der Waals surface area contributed by atoms with Crippen molar-refractivity contribution in [2.24, 2.45) is 7.05 Å². The van der Waals surface area contributed by atoms with Gasteiger partial charge < -0.3 is 39.3 Å². The normalized spacial score (nSPS) is 15.6. The minimum atomic E-state index is -5.81. The molecular weight excluding hydrogens is 488 g/mol. The van der Waals surface area contributed by atoms with E-state index >= 15 is 0 Å². The van der Waals surface area contributed by atoms with Crippen LogP contribution < -0.4 is 19.5 Å². The minimum absolute atomic E-state index is 0.0304. The maximum absolute atomic E-state index is 12.0. The SMILES string of the molecule is C[n+]1c2ccccc2nc2c(OCCCC(=O)NCCC(O)(P(=O)([O-])O)P(=O)(O)O)cccc21. The van der Waals surface area contributed by atoms with Crippen LogP contribution in [0.2, 0.25) is 0 Å². The fraction of sp³-hybridized carbons (Fsp3) is 0.350. The quantitative estimate of drug-likeness (QED) is 0.109. The molecule has 0 saturated carbocycles. The Kier molecular flexibility index (Phi) is 7.74. The van der Waals surface area contributed by atoms with Gasteiger partial charge in [0, 0.05) is 31.5 Å². The number of hydrogen-bond donors (Lipinski definition) is 5. The molecule has 2 unspecified atom stereocenters. The van der Waals surface area contributed by atoms with Gasteiger partial charge in [-0.1, -0.05) is 18.2 Å². The van der Waals surface area contributed by atoms with Crippen molar-refractivity contribution in [2.45, 2.75) is 24.3 Å². The molecule has 0 radical (unpaired) electrons. The van der Waals surface area contributed by atoms with Crippen molar-refractivity contribution in [3.63, 3.8) is 0 Å². The number of para-hydroxylation sites is 3. The van der Waals surface area contributed by atoms with E-state index in [1.54, 1.807) is 6.07 Å². The largest absolute Gasteiger partial charge is 0.776 e. The summed E-state index contributed by atoms with van der Waals surface area (Å²) in [6.45, 7) is -0.408. The lowest BCUT2D eigenvalue weighted by Gasteiger charge is -2.36. The molecule has 0 aliphatic heterocycles. The molecule has 0 saturated heterocycles. The van der Waals surface area contributed by atoms with Crippen molar-refractivity contribution in [1.29, 1.82) is 0 Å². The molecule has 0 bridgehead atoms. The zero-order valence-corrected chi connectivity index (χ0v) is 20.0. The highest BCUT2D eigenvalue weighted by Gasteiger charge is 2.53. The molecule has 1 heterocycles. The molecule has 12 nitrogen and oxygen atoms in total. The van der Waals surface area contributed by atoms with Gasteiger partial charge >= 0.3 is 7.60 Å². The summed E-state index contributed by atoms with van der Waals surface area (Å²) in [6.07, 6.45) is -0.828. The highest BCUT2D eigenvalue weighted by atomic mass is 31.2. The van der Waals surface area contributed by atoms with E-state index in [1.807, 2.05) is 48.0 Å². The Hall–Kier alpha value is -2.43. The molecule has 14 heteroatoms. The van der Waals surface area contributed by atoms with Crippen molar-refractivity contribution < 1.29 is 47.9 Å². The monoisotopic (exact) mass is 513 g/mol. The molecule has 2 atom stereocenters. The van der Waals surface area contributed by atoms with Crippen LogP contribution in [0.4, 0.5) is 0 Å². The van der Waals surface area contributed by atoms with E-state index in [4.69, 9.17) is 19.4 Å². The van der Waals surface area contributed by atoms with Gasteiger partial charge in [-0.3, -0.25) is 9.36 Å². The number of nitrogens with one attached hydrogen (secondary N) is 1. The Morgan fingerprint density at radius 2 is 1.82 bits per heavy atom. The summed E-state index contributed by atoms with van der Waals surface area (Å²) in [6, 6.07) is 13.2. The number of nitrogens with zero attached hydrogens (tertiary/aromatic N) is 2. The number of benzene rings is 2. The fourth-order valence-corrected chi connectivity index (χ4v) is 5.54. The van der Waals surface area contributed by atoms with Gasteiger partial charge in [-0.25, -0.2) is 4.98 Å². The first kappa shape index (κ1) is 26.2. The first-order chi connectivity index (χ1) is 15.8. The van der Waals surface area contributed by atoms with Gasteiger partial charge in [-0.2, -0.15) is 4.57 Å². The van der Waals surface area contributed by atoms with E-state index in [1.165, 1.54) is 0 Å². The molecule has 3 aromatic rings. The Morgan fingerprint density at radius 1 is 1.15 bits per heavy atom. The summed E-state index contributed by atoms with van der Waals surface area (Å²) in [4.78, 5) is 55.0. The van der Waals surface area contributed by atoms with E-state index < -0.39 is 39.1 Å². The van der Waals surface area contributed by atoms with Crippen LogP contribution >= 0.6 is 15.2 Å². The standard InChI is InChI=1S/C20H25N3O9P2/c1-23-15-7-3-2-6-14(15)22-19-16(23)8-4-9-17(19)32-13-5-10-18(24)21-12-11-20(25,33(26,27)28)34(29,30)31/h2-4,6-9,25H,5,10-13H2,1H3,(H4-,21,24,26,27,28,29,30,31). The Labute approximate surface area is 194 Å². The van der Waals surface area contributed by atoms with Crippen LogP contribution in [0.25, 0.3) is 22.1 Å². The lowest BCUT2D eigenvalue weighted by atomic mass is 10.2. The Morgan fingerprint density at radius 3 is 2.50 bits per heavy atom. The van der Waals surface area contributed by atoms with Crippen LogP contribution in [0, 0.1) is 0 Å². The molecule has 34 heavy (non-hydrogen) atoms. The minimum Gasteiger partial charge on any atom is -0.776 e. The number of hydrogen-bond acceptors (Lipinski definition) is 7. The first-order valence-electron chi connectivity index (χ1n) is 10.2. The zero-order chi connectivity index (χ0) is 25.1. The second kappa shape index (κ2) is 10.1. The molecule has 3 rings (SSSR count). The van der Waals surface area contributed by atoms with E-state index in [0.717, 1.165) is 16.6 Å². The lowest BCUT2D eigenvalue weighted by Crippen LogP contribution is -2.38. The van der Waals surface area contributed by atoms with Crippen molar-refractivity contribution in [1.82, 2.24) is 10.3 Å². The van der Waals surface area contributed by atoms with E-state index in [2.05, 4.69) is 10.3 Å². The summed E-state index contributed by atoms with van der Waals surface area (Å²) in [5.41, 5.74) is 3.29. The summed E-state index contributed by atoms with van der Waals surface area (Å²) >= 11 is 0. The summed E-state index contributed by atoms with van der Waals surface area (Å²) in [5.74, 6) is -0.0103. The molecular formula is C20H25N3O9P2. The molecule has 2 aromatic carbocycles. The number of ether oxygens (including phenoxy) is 1. The number of aryl methyl sites for hydroxylation is 1. The maximum atomic E-state index is 12.0. The van der Waals surface area contributed by atoms with Crippen molar-refractivity contribution in [2.75, 3.05) is 13.2 Å². The molecule has 0 spiro atoms. The number of carbonyl (C=O) groups is 1. The van der Waals surface area contributed by atoms with Gasteiger partial charge in [-0.15, -0.1) is 0 Å². The molecule has 0 aliphatic carbocycles. The second-order valence-corrected chi connectivity index (χ2v) is 11.6. The zero-order valence-electron chi connectivity index (χ0n) is 18.2. The van der Waals surface area contributed by atoms with Crippen LogP contribution in [0.1, 0.15) is 19.3 Å². The number of fused-ring (bicyclic) bond motifs is 2. The molecule has 0 fully saturated rings. The highest BCUT2D eigenvalue weighted by Crippen LogP contribution is 2.66. The van der Waals surface area contributed by atoms with E-state index in [-0.39, 0.29) is 19.4 Å². The van der Waals surface area contributed by atoms with Gasteiger partial charge in [0.25, 0.3) is 0 Å². The maximum Gasteiger partial charge on any atom is 0.365 e. The number of aromatic nitrogens is 2. The summed E-state index contributed by atoms with van der Waals surface area (Å²) < 4.78 is 30.3. The van der Waals surface area contributed by atoms with E-state index in [9.17, 15) is 23.9 Å². The molecule has 1 aromatic heterocycles. The third-order valence-electron chi connectivity index (χ3n) is 5.32. The summed E-state index contributed by atoms with van der Waals surface area (Å²) in [5, 5.41) is 8.33. The predicted octanol–water partition coefficient (Wildman–Crippen LogP) is 0.247. The topological polar surface area (TPSA) is 193 Å². The van der Waals surface area contributed by atoms with Crippen molar-refractivity contribution >= 4 is 43.2 Å². The number of amides is 1. The molecule has 184 valence electrons. The van der Waals surface area contributed by atoms with Crippen LogP contribution in [-0.4, -0.2) is 48.9 Å². The van der Waals surface area contributed by atoms with Gasteiger partial charge in [0.05, 0.1) is 6.61 Å². The highest BCUT2D eigenvalue weighted by molar-refractivity contribution is 7.71. The molecule has 5 N–H and O–H groups in total. The van der Waals surface area contributed by atoms with Crippen molar-refractivity contribution in [3.8, 4) is 5.75 Å². The second-order valence-electron chi connectivity index (χ2n) is 7.67. The Bertz CT molecular complexity index is 1280. The van der Waals surface area contributed by atoms with Crippen LogP contribution in [0.15, 0.2) is 42.5 Å². The van der Waals surface area contributed by atoms with Gasteiger partial charge in [0.2, 0.25) is 22.0 Å². The number of rotatable bonds is 10. The predicted molar refractivity (Wildman–Crippen MR) is 120 cm³/mol. The van der Waals surface area contributed by atoms with Crippen LogP contribution in [-0.2, 0) is 21.0 Å². The van der Waals surface area contributed by atoms with E-state index in [0.29, 0.717) is 11.3 Å². The van der Waals surface area contributed by atoms with Crippen LogP contribution in [0.3, 0.4) is 0 Å². The van der Waals surface area contributed by atoms with Crippen molar-refractivity contribution in [3.05, 3.63) is 42.5 Å². The van der Waals surface area contributed by atoms with Gasteiger partial charge in [0.15, 0.2) is 18.9 Å². The lowest BCUT2D eigenvalue weighted by molar-refractivity contribution is -0.618. The number of carbonyl (C=O) groups excluding carboxylic acids is 1. The van der Waals surface area contributed by atoms with Gasteiger partial charge in [-0.05, 0) is 18.6 Å². The average Bonchev–Trinajstić information content (AvgIpc) is 2.75. The smallest absolute Gasteiger partial charge is 0.365 e. The average molecular weight is 513 g/mol. The van der Waals surface area contributed by atoms with Gasteiger partial charge in [0.1, 0.15) is 12.6 Å². The molecule has 0 aliphatic rings.